The van der Waals surface area contributed by atoms with Crippen LogP contribution in [0.25, 0.3) is 0 Å². The van der Waals surface area contributed by atoms with Crippen LogP contribution in [0.3, 0.4) is 0 Å². The summed E-state index contributed by atoms with van der Waals surface area (Å²) in [7, 11) is 0. The lowest BCUT2D eigenvalue weighted by Crippen LogP contribution is -2.55. The molecule has 5 atom stereocenters. The van der Waals surface area contributed by atoms with Gasteiger partial charge >= 0.3 is 0 Å². The number of aliphatic hydroxyl groups is 3. The molecule has 0 radical (unpaired) electrons. The fraction of sp³-hybridized carbons (Fsp3) is 0.900. The molecule has 5 unspecified atom stereocenters. The molecule has 1 fully saturated rings. The molecule has 0 aliphatic carbocycles. The lowest BCUT2D eigenvalue weighted by atomic mass is 9.84. The Balaban J connectivity index is 2.71. The van der Waals surface area contributed by atoms with Crippen LogP contribution in [0, 0.1) is 12.8 Å². The average Bonchev–Trinajstić information content (AvgIpc) is 2.21. The van der Waals surface area contributed by atoms with Gasteiger partial charge in [0.15, 0.2) is 0 Å². The molecule has 1 heterocycles. The van der Waals surface area contributed by atoms with Gasteiger partial charge < -0.3 is 20.1 Å². The third kappa shape index (κ3) is 2.03. The smallest absolute Gasteiger partial charge is 0.126 e. The van der Waals surface area contributed by atoms with E-state index in [4.69, 9.17) is 9.84 Å². The molecule has 0 saturated carbocycles. The van der Waals surface area contributed by atoms with Gasteiger partial charge in [0.2, 0.25) is 0 Å². The van der Waals surface area contributed by atoms with Gasteiger partial charge in [0, 0.05) is 5.92 Å². The standard InChI is InChI=1S/C10H19O4/c1-3-6-8(5-11)14-7(4-2)10(13)9(6)12/h6-13H,2-5H2,1H3/q+1. The number of ether oxygens (including phenoxy) is 1. The third-order valence-electron chi connectivity index (χ3n) is 2.93. The molecule has 14 heavy (non-hydrogen) atoms. The molecule has 1 aliphatic rings. The molecule has 1 rings (SSSR count). The topological polar surface area (TPSA) is 69.9 Å². The van der Waals surface area contributed by atoms with Gasteiger partial charge in [0.25, 0.3) is 0 Å². The van der Waals surface area contributed by atoms with Crippen molar-refractivity contribution in [2.45, 2.75) is 44.2 Å². The summed E-state index contributed by atoms with van der Waals surface area (Å²) in [6.45, 7) is 5.41. The molecule has 1 saturated heterocycles. The van der Waals surface area contributed by atoms with Crippen molar-refractivity contribution >= 4 is 0 Å². The normalized spacial score (nSPS) is 43.9. The Morgan fingerprint density at radius 2 is 1.86 bits per heavy atom. The Bertz CT molecular complexity index is 172. The molecule has 0 bridgehead atoms. The van der Waals surface area contributed by atoms with Crippen LogP contribution in [0.1, 0.15) is 19.8 Å². The van der Waals surface area contributed by atoms with Crippen molar-refractivity contribution in [1.29, 1.82) is 0 Å². The van der Waals surface area contributed by atoms with Crippen molar-refractivity contribution in [2.75, 3.05) is 6.61 Å². The van der Waals surface area contributed by atoms with Crippen LogP contribution in [0.2, 0.25) is 0 Å². The van der Waals surface area contributed by atoms with E-state index in [-0.39, 0.29) is 18.6 Å². The van der Waals surface area contributed by atoms with Crippen LogP contribution in [0.4, 0.5) is 0 Å². The number of rotatable bonds is 3. The van der Waals surface area contributed by atoms with Gasteiger partial charge in [-0.2, -0.15) is 0 Å². The van der Waals surface area contributed by atoms with Gasteiger partial charge in [0.1, 0.15) is 18.6 Å². The van der Waals surface area contributed by atoms with Crippen molar-refractivity contribution in [2.24, 2.45) is 5.92 Å². The first-order valence-electron chi connectivity index (χ1n) is 5.07. The van der Waals surface area contributed by atoms with Crippen molar-refractivity contribution in [1.82, 2.24) is 0 Å². The molecule has 4 nitrogen and oxygen atoms in total. The lowest BCUT2D eigenvalue weighted by molar-refractivity contribution is -0.207. The summed E-state index contributed by atoms with van der Waals surface area (Å²) < 4.78 is 5.45. The highest BCUT2D eigenvalue weighted by Crippen LogP contribution is 2.29. The van der Waals surface area contributed by atoms with E-state index in [0.717, 1.165) is 0 Å². The van der Waals surface area contributed by atoms with Gasteiger partial charge in [-0.15, -0.1) is 0 Å². The summed E-state index contributed by atoms with van der Waals surface area (Å²) in [5, 5.41) is 28.5. The van der Waals surface area contributed by atoms with Crippen molar-refractivity contribution in [3.05, 3.63) is 6.92 Å². The quantitative estimate of drug-likeness (QED) is 0.552. The lowest BCUT2D eigenvalue weighted by Gasteiger charge is -2.40. The van der Waals surface area contributed by atoms with Crippen LogP contribution in [-0.4, -0.2) is 46.3 Å². The van der Waals surface area contributed by atoms with Gasteiger partial charge in [0.05, 0.1) is 25.7 Å². The summed E-state index contributed by atoms with van der Waals surface area (Å²) in [5.41, 5.74) is 0. The number of aliphatic hydroxyl groups excluding tert-OH is 3. The molecule has 0 aromatic rings. The van der Waals surface area contributed by atoms with Crippen LogP contribution in [-0.2, 0) is 4.74 Å². The van der Waals surface area contributed by atoms with E-state index in [1.807, 2.05) is 6.92 Å². The highest BCUT2D eigenvalue weighted by Gasteiger charge is 2.43. The summed E-state index contributed by atoms with van der Waals surface area (Å²) in [5.74, 6) is -0.196. The molecular formula is C10H19O4+. The van der Waals surface area contributed by atoms with E-state index in [1.54, 1.807) is 0 Å². The summed E-state index contributed by atoms with van der Waals surface area (Å²) in [6.07, 6.45) is -1.49. The third-order valence-corrected chi connectivity index (χ3v) is 2.93. The first kappa shape index (κ1) is 11.8. The van der Waals surface area contributed by atoms with Gasteiger partial charge in [-0.25, -0.2) is 0 Å². The predicted molar refractivity (Wildman–Crippen MR) is 51.5 cm³/mol. The van der Waals surface area contributed by atoms with Gasteiger partial charge in [-0.1, -0.05) is 6.92 Å². The minimum atomic E-state index is -0.889. The van der Waals surface area contributed by atoms with Crippen molar-refractivity contribution in [3.8, 4) is 0 Å². The fourth-order valence-corrected chi connectivity index (χ4v) is 2.02. The second kappa shape index (κ2) is 4.98. The molecular weight excluding hydrogens is 184 g/mol. The Morgan fingerprint density at radius 3 is 2.29 bits per heavy atom. The number of hydrogen-bond donors (Lipinski definition) is 3. The van der Waals surface area contributed by atoms with Gasteiger partial charge in [-0.3, -0.25) is 0 Å². The SMILES string of the molecule is [CH2+]CC1OC(CO)C(CC)C(O)C1O. The first-order chi connectivity index (χ1) is 6.65. The molecule has 0 spiro atoms. The largest absolute Gasteiger partial charge is 0.394 e. The monoisotopic (exact) mass is 203 g/mol. The zero-order valence-corrected chi connectivity index (χ0v) is 8.47. The van der Waals surface area contributed by atoms with E-state index in [0.29, 0.717) is 12.8 Å². The Morgan fingerprint density at radius 1 is 1.21 bits per heavy atom. The summed E-state index contributed by atoms with van der Waals surface area (Å²) >= 11 is 0. The molecule has 4 heteroatoms. The van der Waals surface area contributed by atoms with E-state index >= 15 is 0 Å². The predicted octanol–water partition coefficient (Wildman–Crippen LogP) is -0.282. The number of hydrogen-bond acceptors (Lipinski definition) is 4. The van der Waals surface area contributed by atoms with Crippen LogP contribution in [0.15, 0.2) is 0 Å². The Hall–Kier alpha value is -0.290. The minimum Gasteiger partial charge on any atom is -0.394 e. The molecule has 0 amide bonds. The minimum absolute atomic E-state index is 0.126. The maximum Gasteiger partial charge on any atom is 0.126 e. The van der Waals surface area contributed by atoms with E-state index in [1.165, 1.54) is 0 Å². The second-order valence-electron chi connectivity index (χ2n) is 3.74. The molecule has 0 aromatic heterocycles. The van der Waals surface area contributed by atoms with Crippen LogP contribution < -0.4 is 0 Å². The van der Waals surface area contributed by atoms with E-state index < -0.39 is 18.3 Å². The van der Waals surface area contributed by atoms with Crippen LogP contribution in [0.5, 0.6) is 0 Å². The first-order valence-corrected chi connectivity index (χ1v) is 5.07. The Kier molecular flexibility index (Phi) is 4.19. The molecule has 1 aliphatic heterocycles. The summed E-state index contributed by atoms with van der Waals surface area (Å²) in [4.78, 5) is 0. The molecule has 0 aromatic carbocycles. The molecule has 3 N–H and O–H groups in total. The highest BCUT2D eigenvalue weighted by molar-refractivity contribution is 4.91. The maximum atomic E-state index is 9.77. The van der Waals surface area contributed by atoms with Crippen LogP contribution >= 0.6 is 0 Å². The van der Waals surface area contributed by atoms with Crippen molar-refractivity contribution < 1.29 is 20.1 Å². The van der Waals surface area contributed by atoms with E-state index in [9.17, 15) is 10.2 Å². The molecule has 82 valence electrons. The van der Waals surface area contributed by atoms with Crippen molar-refractivity contribution in [3.63, 3.8) is 0 Å². The second-order valence-corrected chi connectivity index (χ2v) is 3.74. The highest BCUT2D eigenvalue weighted by atomic mass is 16.5. The van der Waals surface area contributed by atoms with E-state index in [2.05, 4.69) is 6.92 Å². The zero-order chi connectivity index (χ0) is 10.7. The summed E-state index contributed by atoms with van der Waals surface area (Å²) in [6, 6.07) is 0. The fourth-order valence-electron chi connectivity index (χ4n) is 2.02. The average molecular weight is 203 g/mol. The zero-order valence-electron chi connectivity index (χ0n) is 8.47. The maximum absolute atomic E-state index is 9.77. The van der Waals surface area contributed by atoms with Gasteiger partial charge in [-0.05, 0) is 6.42 Å². The Labute approximate surface area is 84.5 Å².